The molecule has 2 aromatic rings. The lowest BCUT2D eigenvalue weighted by molar-refractivity contribution is 0.166. The average Bonchev–Trinajstić information content (AvgIpc) is 2.92. The first kappa shape index (κ1) is 17.3. The third-order valence-electron chi connectivity index (χ3n) is 4.81. The van der Waals surface area contributed by atoms with Crippen LogP contribution < -0.4 is 5.32 Å². The zero-order valence-corrected chi connectivity index (χ0v) is 15.1. The van der Waals surface area contributed by atoms with E-state index in [0.717, 1.165) is 37.8 Å². The van der Waals surface area contributed by atoms with Crippen molar-refractivity contribution in [3.63, 3.8) is 0 Å². The monoisotopic (exact) mass is 339 g/mol. The highest BCUT2D eigenvalue weighted by atomic mass is 16.7. The molecule has 1 heterocycles. The number of para-hydroxylation sites is 1. The van der Waals surface area contributed by atoms with Crippen LogP contribution in [-0.4, -0.2) is 16.4 Å². The van der Waals surface area contributed by atoms with Gasteiger partial charge in [-0.3, -0.25) is 10.2 Å². The highest BCUT2D eigenvalue weighted by Gasteiger charge is 2.26. The van der Waals surface area contributed by atoms with Crippen molar-refractivity contribution in [1.82, 2.24) is 4.57 Å². The van der Waals surface area contributed by atoms with Gasteiger partial charge in [0, 0.05) is 29.7 Å². The topological polar surface area (TPSA) is 55.6 Å². The number of carbonyl (C=O) groups is 1. The summed E-state index contributed by atoms with van der Waals surface area (Å²) >= 11 is 0. The number of hydrogen-bond acceptors (Lipinski definition) is 3. The number of oxime groups is 1. The van der Waals surface area contributed by atoms with Gasteiger partial charge in [-0.2, -0.15) is 0 Å². The van der Waals surface area contributed by atoms with Gasteiger partial charge in [-0.15, -0.1) is 0 Å². The molecule has 0 fully saturated rings. The van der Waals surface area contributed by atoms with Crippen LogP contribution in [0.1, 0.15) is 49.2 Å². The molecule has 132 valence electrons. The fourth-order valence-electron chi connectivity index (χ4n) is 3.71. The van der Waals surface area contributed by atoms with Gasteiger partial charge in [0.25, 0.3) is 0 Å². The molecule has 3 rings (SSSR count). The van der Waals surface area contributed by atoms with Crippen LogP contribution in [0.2, 0.25) is 0 Å². The molecule has 1 aliphatic carbocycles. The van der Waals surface area contributed by atoms with Crippen molar-refractivity contribution in [3.05, 3.63) is 52.8 Å². The minimum Gasteiger partial charge on any atom is -0.351 e. The fourth-order valence-corrected chi connectivity index (χ4v) is 3.71. The van der Waals surface area contributed by atoms with Crippen molar-refractivity contribution >= 4 is 17.5 Å². The number of fused-ring (bicyclic) bond motifs is 1. The minimum absolute atomic E-state index is 0.560. The Morgan fingerprint density at radius 2 is 1.96 bits per heavy atom. The molecule has 0 unspecified atom stereocenters. The van der Waals surface area contributed by atoms with Crippen LogP contribution in [0.4, 0.5) is 10.5 Å². The van der Waals surface area contributed by atoms with Crippen LogP contribution in [0.25, 0.3) is 0 Å². The van der Waals surface area contributed by atoms with E-state index in [2.05, 4.69) is 35.9 Å². The maximum atomic E-state index is 12.0. The van der Waals surface area contributed by atoms with E-state index in [-0.39, 0.29) is 0 Å². The molecule has 0 radical (unpaired) electrons. The molecule has 0 bridgehead atoms. The van der Waals surface area contributed by atoms with Crippen LogP contribution in [0, 0.1) is 0 Å². The van der Waals surface area contributed by atoms with Gasteiger partial charge in [-0.25, -0.2) is 4.79 Å². The molecule has 0 saturated heterocycles. The van der Waals surface area contributed by atoms with Crippen molar-refractivity contribution in [2.75, 3.05) is 5.32 Å². The van der Waals surface area contributed by atoms with E-state index in [4.69, 9.17) is 4.84 Å². The van der Waals surface area contributed by atoms with Crippen molar-refractivity contribution in [2.24, 2.45) is 12.2 Å². The molecule has 25 heavy (non-hydrogen) atoms. The molecule has 5 nitrogen and oxygen atoms in total. The van der Waals surface area contributed by atoms with Crippen LogP contribution in [0.15, 0.2) is 35.5 Å². The van der Waals surface area contributed by atoms with E-state index in [1.165, 1.54) is 22.5 Å². The lowest BCUT2D eigenvalue weighted by Gasteiger charge is -2.16. The average molecular weight is 339 g/mol. The first-order chi connectivity index (χ1) is 12.2. The Kier molecular flexibility index (Phi) is 5.22. The molecular formula is C20H25N3O2. The number of rotatable bonds is 4. The predicted molar refractivity (Wildman–Crippen MR) is 100 cm³/mol. The highest BCUT2D eigenvalue weighted by Crippen LogP contribution is 2.30. The fraction of sp³-hybridized carbons (Fsp3) is 0.400. The molecular weight excluding hydrogens is 314 g/mol. The largest absolute Gasteiger partial charge is 0.437 e. The second-order valence-corrected chi connectivity index (χ2v) is 6.27. The summed E-state index contributed by atoms with van der Waals surface area (Å²) in [6, 6.07) is 9.24. The molecule has 1 aliphatic rings. The van der Waals surface area contributed by atoms with E-state index >= 15 is 0 Å². The van der Waals surface area contributed by atoms with Crippen LogP contribution in [0.5, 0.6) is 0 Å². The van der Waals surface area contributed by atoms with Gasteiger partial charge in [0.1, 0.15) is 0 Å². The number of nitrogens with zero attached hydrogens (tertiary/aromatic N) is 2. The maximum Gasteiger partial charge on any atom is 0.437 e. The Labute approximate surface area is 148 Å². The van der Waals surface area contributed by atoms with Gasteiger partial charge in [0.2, 0.25) is 0 Å². The Morgan fingerprint density at radius 3 is 2.64 bits per heavy atom. The molecule has 5 heteroatoms. The zero-order valence-electron chi connectivity index (χ0n) is 15.1. The first-order valence-electron chi connectivity index (χ1n) is 8.95. The highest BCUT2D eigenvalue weighted by molar-refractivity contribution is 6.04. The smallest absolute Gasteiger partial charge is 0.351 e. The molecule has 1 amide bonds. The summed E-state index contributed by atoms with van der Waals surface area (Å²) in [5, 5.41) is 6.90. The summed E-state index contributed by atoms with van der Waals surface area (Å²) < 4.78 is 2.30. The van der Waals surface area contributed by atoms with Crippen LogP contribution >= 0.6 is 0 Å². The Balaban J connectivity index is 1.83. The van der Waals surface area contributed by atoms with Crippen molar-refractivity contribution in [3.8, 4) is 0 Å². The number of hydrogen-bond donors (Lipinski definition) is 1. The van der Waals surface area contributed by atoms with Gasteiger partial charge in [-0.05, 0) is 49.8 Å². The summed E-state index contributed by atoms with van der Waals surface area (Å²) in [5.74, 6) is 0. The number of anilines is 1. The van der Waals surface area contributed by atoms with Gasteiger partial charge >= 0.3 is 6.09 Å². The first-order valence-corrected chi connectivity index (χ1v) is 8.95. The van der Waals surface area contributed by atoms with Crippen molar-refractivity contribution in [2.45, 2.75) is 46.0 Å². The Hall–Kier alpha value is -2.56. The summed E-state index contributed by atoms with van der Waals surface area (Å²) in [5.41, 5.74) is 6.78. The van der Waals surface area contributed by atoms with Gasteiger partial charge < -0.3 is 4.57 Å². The van der Waals surface area contributed by atoms with Crippen LogP contribution in [-0.2, 0) is 31.1 Å². The standard InChI is InChI=1S/C20H25N3O2/c1-4-15-17(5-2)23(3)18-13-9-12-16(19(15)18)22-25-20(24)21-14-10-7-6-8-11-14/h6-8,10-11H,4-5,9,12-13H2,1-3H3,(H,21,24)/b22-16+. The Morgan fingerprint density at radius 1 is 1.20 bits per heavy atom. The second kappa shape index (κ2) is 7.55. The van der Waals surface area contributed by atoms with Gasteiger partial charge in [0.05, 0.1) is 5.71 Å². The number of nitrogens with one attached hydrogen (secondary N) is 1. The van der Waals surface area contributed by atoms with Gasteiger partial charge in [-0.1, -0.05) is 37.2 Å². The lowest BCUT2D eigenvalue weighted by Crippen LogP contribution is -2.17. The van der Waals surface area contributed by atoms with Gasteiger partial charge in [0.15, 0.2) is 0 Å². The summed E-state index contributed by atoms with van der Waals surface area (Å²) in [6.07, 6.45) is 4.31. The van der Waals surface area contributed by atoms with E-state index in [1.54, 1.807) is 0 Å². The minimum atomic E-state index is -0.560. The van der Waals surface area contributed by atoms with Crippen molar-refractivity contribution < 1.29 is 9.63 Å². The summed E-state index contributed by atoms with van der Waals surface area (Å²) in [6.45, 7) is 4.35. The third kappa shape index (κ3) is 3.45. The lowest BCUT2D eigenvalue weighted by atomic mass is 9.91. The molecule has 1 aromatic carbocycles. The van der Waals surface area contributed by atoms with Crippen molar-refractivity contribution in [1.29, 1.82) is 0 Å². The quantitative estimate of drug-likeness (QED) is 0.661. The van der Waals surface area contributed by atoms with E-state index in [0.29, 0.717) is 5.69 Å². The molecule has 0 atom stereocenters. The summed E-state index contributed by atoms with van der Waals surface area (Å²) in [4.78, 5) is 17.2. The SMILES string of the molecule is CCc1c2c(n(C)c1CC)CCC/C2=N\OC(=O)Nc1ccccc1. The van der Waals surface area contributed by atoms with E-state index < -0.39 is 6.09 Å². The molecule has 0 aliphatic heterocycles. The zero-order chi connectivity index (χ0) is 17.8. The molecule has 1 aromatic heterocycles. The molecule has 0 saturated carbocycles. The Bertz CT molecular complexity index is 791. The summed E-state index contributed by atoms with van der Waals surface area (Å²) in [7, 11) is 2.13. The second-order valence-electron chi connectivity index (χ2n) is 6.27. The number of benzene rings is 1. The number of aromatic nitrogens is 1. The third-order valence-corrected chi connectivity index (χ3v) is 4.81. The van der Waals surface area contributed by atoms with E-state index in [9.17, 15) is 4.79 Å². The number of amides is 1. The molecule has 0 spiro atoms. The number of carbonyl (C=O) groups excluding carboxylic acids is 1. The van der Waals surface area contributed by atoms with E-state index in [1.807, 2.05) is 30.3 Å². The molecule has 1 N–H and O–H groups in total. The predicted octanol–water partition coefficient (Wildman–Crippen LogP) is 4.44. The normalized spacial score (nSPS) is 15.1. The van der Waals surface area contributed by atoms with Crippen LogP contribution in [0.3, 0.4) is 0 Å². The maximum absolute atomic E-state index is 12.0.